The van der Waals surface area contributed by atoms with Crippen molar-refractivity contribution in [3.05, 3.63) is 47.5 Å². The van der Waals surface area contributed by atoms with Gasteiger partial charge in [-0.15, -0.1) is 5.10 Å². The minimum atomic E-state index is -0.522. The van der Waals surface area contributed by atoms with Crippen molar-refractivity contribution in [2.24, 2.45) is 5.73 Å². The molecule has 2 heterocycles. The lowest BCUT2D eigenvalue weighted by molar-refractivity contribution is -0.146. The van der Waals surface area contributed by atoms with Gasteiger partial charge in [0.25, 0.3) is 0 Å². The third-order valence-electron chi connectivity index (χ3n) is 4.18. The summed E-state index contributed by atoms with van der Waals surface area (Å²) in [6.45, 7) is 5.65. The molecule has 1 fully saturated rings. The summed E-state index contributed by atoms with van der Waals surface area (Å²) in [6, 6.07) is 5.40. The Morgan fingerprint density at radius 2 is 2.12 bits per heavy atom. The van der Waals surface area contributed by atoms with Crippen LogP contribution in [0.15, 0.2) is 30.5 Å². The molecule has 1 aliphatic rings. The number of carbonyl (C=O) groups excluding carboxylic acids is 1. The fraction of sp³-hybridized carbons (Fsp3) is 0.471. The standard InChI is InChI=1S/C17H22FN5O2/c1-17(2)11-22(7-8-25-17)15(24)10-23-9-14(20-21-23)16(19)12-3-5-13(18)6-4-12/h3-6,9,16H,7-8,10-11,19H2,1-2H3. The number of hydrogen-bond donors (Lipinski definition) is 1. The summed E-state index contributed by atoms with van der Waals surface area (Å²) in [5, 5.41) is 8.03. The van der Waals surface area contributed by atoms with E-state index >= 15 is 0 Å². The van der Waals surface area contributed by atoms with Crippen molar-refractivity contribution >= 4 is 5.91 Å². The highest BCUT2D eigenvalue weighted by molar-refractivity contribution is 5.76. The lowest BCUT2D eigenvalue weighted by Gasteiger charge is -2.38. The Bertz CT molecular complexity index is 744. The van der Waals surface area contributed by atoms with E-state index in [9.17, 15) is 9.18 Å². The molecule has 0 aliphatic carbocycles. The fourth-order valence-corrected chi connectivity index (χ4v) is 2.84. The van der Waals surface area contributed by atoms with Crippen LogP contribution >= 0.6 is 0 Å². The van der Waals surface area contributed by atoms with Gasteiger partial charge < -0.3 is 15.4 Å². The van der Waals surface area contributed by atoms with Crippen molar-refractivity contribution in [3.8, 4) is 0 Å². The molecule has 1 aromatic heterocycles. The largest absolute Gasteiger partial charge is 0.372 e. The Hall–Kier alpha value is -2.32. The van der Waals surface area contributed by atoms with Crippen LogP contribution < -0.4 is 5.73 Å². The number of nitrogens with two attached hydrogens (primary N) is 1. The summed E-state index contributed by atoms with van der Waals surface area (Å²) in [6.07, 6.45) is 1.65. The van der Waals surface area contributed by atoms with Crippen LogP contribution in [0.2, 0.25) is 0 Å². The van der Waals surface area contributed by atoms with Gasteiger partial charge in [-0.25, -0.2) is 9.07 Å². The number of benzene rings is 1. The molecule has 1 amide bonds. The zero-order chi connectivity index (χ0) is 18.0. The number of nitrogens with zero attached hydrogens (tertiary/aromatic N) is 4. The maximum Gasteiger partial charge on any atom is 0.244 e. The van der Waals surface area contributed by atoms with Gasteiger partial charge in [-0.2, -0.15) is 0 Å². The Balaban J connectivity index is 1.65. The molecule has 2 aromatic rings. The van der Waals surface area contributed by atoms with Gasteiger partial charge in [0.1, 0.15) is 18.1 Å². The molecule has 1 aromatic carbocycles. The molecule has 1 aliphatic heterocycles. The first-order valence-corrected chi connectivity index (χ1v) is 8.17. The van der Waals surface area contributed by atoms with Crippen LogP contribution in [0, 0.1) is 5.82 Å². The first kappa shape index (κ1) is 17.5. The third-order valence-corrected chi connectivity index (χ3v) is 4.18. The summed E-state index contributed by atoms with van der Waals surface area (Å²) in [4.78, 5) is 14.2. The van der Waals surface area contributed by atoms with Gasteiger partial charge >= 0.3 is 0 Å². The Kier molecular flexibility index (Phi) is 4.82. The Labute approximate surface area is 145 Å². The third kappa shape index (κ3) is 4.21. The zero-order valence-electron chi connectivity index (χ0n) is 14.4. The number of rotatable bonds is 4. The molecule has 7 nitrogen and oxygen atoms in total. The van der Waals surface area contributed by atoms with Crippen molar-refractivity contribution in [2.45, 2.75) is 32.0 Å². The average Bonchev–Trinajstić information content (AvgIpc) is 3.02. The van der Waals surface area contributed by atoms with E-state index in [0.717, 1.165) is 5.56 Å². The Morgan fingerprint density at radius 3 is 2.80 bits per heavy atom. The second-order valence-electron chi connectivity index (χ2n) is 6.79. The highest BCUT2D eigenvalue weighted by Crippen LogP contribution is 2.19. The first-order chi connectivity index (χ1) is 11.8. The van der Waals surface area contributed by atoms with E-state index in [0.29, 0.717) is 25.4 Å². The topological polar surface area (TPSA) is 86.3 Å². The maximum absolute atomic E-state index is 13.0. The Morgan fingerprint density at radius 1 is 1.40 bits per heavy atom. The predicted molar refractivity (Wildman–Crippen MR) is 89.1 cm³/mol. The summed E-state index contributed by atoms with van der Waals surface area (Å²) in [5.41, 5.74) is 7.06. The number of amides is 1. The van der Waals surface area contributed by atoms with Gasteiger partial charge in [-0.05, 0) is 31.5 Å². The van der Waals surface area contributed by atoms with Crippen LogP contribution in [-0.4, -0.2) is 51.1 Å². The van der Waals surface area contributed by atoms with E-state index in [1.807, 2.05) is 13.8 Å². The molecular formula is C17H22FN5O2. The van der Waals surface area contributed by atoms with Crippen molar-refractivity contribution < 1.29 is 13.9 Å². The molecule has 0 bridgehead atoms. The van der Waals surface area contributed by atoms with Crippen LogP contribution in [0.4, 0.5) is 4.39 Å². The number of ether oxygens (including phenoxy) is 1. The van der Waals surface area contributed by atoms with Gasteiger partial charge in [-0.3, -0.25) is 4.79 Å². The maximum atomic E-state index is 13.0. The van der Waals surface area contributed by atoms with Crippen molar-refractivity contribution in [1.82, 2.24) is 19.9 Å². The minimum Gasteiger partial charge on any atom is -0.372 e. The molecule has 25 heavy (non-hydrogen) atoms. The molecule has 0 spiro atoms. The first-order valence-electron chi connectivity index (χ1n) is 8.17. The summed E-state index contributed by atoms with van der Waals surface area (Å²) in [7, 11) is 0. The molecule has 8 heteroatoms. The number of halogens is 1. The van der Waals surface area contributed by atoms with E-state index in [-0.39, 0.29) is 23.9 Å². The van der Waals surface area contributed by atoms with Gasteiger partial charge in [0.15, 0.2) is 0 Å². The molecule has 3 rings (SSSR count). The highest BCUT2D eigenvalue weighted by Gasteiger charge is 2.30. The van der Waals surface area contributed by atoms with E-state index in [4.69, 9.17) is 10.5 Å². The van der Waals surface area contributed by atoms with Gasteiger partial charge in [-0.1, -0.05) is 17.3 Å². The summed E-state index contributed by atoms with van der Waals surface area (Å²) < 4.78 is 20.1. The summed E-state index contributed by atoms with van der Waals surface area (Å²) >= 11 is 0. The van der Waals surface area contributed by atoms with Crippen LogP contribution in [0.25, 0.3) is 0 Å². The monoisotopic (exact) mass is 347 g/mol. The van der Waals surface area contributed by atoms with Crippen LogP contribution in [-0.2, 0) is 16.1 Å². The van der Waals surface area contributed by atoms with Crippen molar-refractivity contribution in [2.75, 3.05) is 19.7 Å². The molecule has 0 saturated carbocycles. The zero-order valence-corrected chi connectivity index (χ0v) is 14.4. The van der Waals surface area contributed by atoms with E-state index < -0.39 is 6.04 Å². The van der Waals surface area contributed by atoms with Crippen LogP contribution in [0.5, 0.6) is 0 Å². The molecule has 1 unspecified atom stereocenters. The lowest BCUT2D eigenvalue weighted by atomic mass is 10.1. The molecule has 0 radical (unpaired) electrons. The molecule has 134 valence electrons. The van der Waals surface area contributed by atoms with Gasteiger partial charge in [0.2, 0.25) is 5.91 Å². The molecular weight excluding hydrogens is 325 g/mol. The second-order valence-corrected chi connectivity index (χ2v) is 6.79. The number of carbonyl (C=O) groups is 1. The van der Waals surface area contributed by atoms with E-state index in [2.05, 4.69) is 10.3 Å². The normalized spacial score (nSPS) is 18.2. The SMILES string of the molecule is CC1(C)CN(C(=O)Cn2cc(C(N)c3ccc(F)cc3)nn2)CCO1. The predicted octanol–water partition coefficient (Wildman–Crippen LogP) is 1.10. The van der Waals surface area contributed by atoms with Gasteiger partial charge in [0.05, 0.1) is 24.4 Å². The second kappa shape index (κ2) is 6.89. The van der Waals surface area contributed by atoms with Crippen molar-refractivity contribution in [3.63, 3.8) is 0 Å². The number of morpholine rings is 1. The number of aromatic nitrogens is 3. The highest BCUT2D eigenvalue weighted by atomic mass is 19.1. The van der Waals surface area contributed by atoms with Crippen LogP contribution in [0.1, 0.15) is 31.1 Å². The molecule has 1 atom stereocenters. The van der Waals surface area contributed by atoms with Crippen molar-refractivity contribution in [1.29, 1.82) is 0 Å². The fourth-order valence-electron chi connectivity index (χ4n) is 2.84. The summed E-state index contributed by atoms with van der Waals surface area (Å²) in [5.74, 6) is -0.359. The van der Waals surface area contributed by atoms with Crippen LogP contribution in [0.3, 0.4) is 0 Å². The van der Waals surface area contributed by atoms with E-state index in [1.54, 1.807) is 23.2 Å². The molecule has 1 saturated heterocycles. The molecule has 2 N–H and O–H groups in total. The minimum absolute atomic E-state index is 0.0387. The smallest absolute Gasteiger partial charge is 0.244 e. The average molecular weight is 347 g/mol. The lowest BCUT2D eigenvalue weighted by Crippen LogP contribution is -2.51. The number of hydrogen-bond acceptors (Lipinski definition) is 5. The quantitative estimate of drug-likeness (QED) is 0.895. The van der Waals surface area contributed by atoms with Gasteiger partial charge in [0, 0.05) is 13.1 Å². The van der Waals surface area contributed by atoms with E-state index in [1.165, 1.54) is 16.8 Å².